The quantitative estimate of drug-likeness (QED) is 0.533. The Balaban J connectivity index is 1.56. The van der Waals surface area contributed by atoms with Gasteiger partial charge in [0.15, 0.2) is 15.7 Å². The average molecular weight is 468 g/mol. The van der Waals surface area contributed by atoms with Gasteiger partial charge in [0.05, 0.1) is 4.90 Å². The van der Waals surface area contributed by atoms with Crippen LogP contribution in [0.2, 0.25) is 0 Å². The number of hydrogen-bond donors (Lipinski definition) is 1. The van der Waals surface area contributed by atoms with E-state index in [9.17, 15) is 17.6 Å². The van der Waals surface area contributed by atoms with E-state index in [1.165, 1.54) is 12.1 Å². The van der Waals surface area contributed by atoms with Crippen molar-refractivity contribution >= 4 is 37.4 Å². The smallest absolute Gasteiger partial charge is 0.227 e. The maximum atomic E-state index is 12.9. The van der Waals surface area contributed by atoms with Gasteiger partial charge in [-0.25, -0.2) is 12.8 Å². The van der Waals surface area contributed by atoms with E-state index in [1.54, 1.807) is 18.2 Å². The molecule has 1 heterocycles. The van der Waals surface area contributed by atoms with E-state index in [0.29, 0.717) is 5.69 Å². The Kier molecular flexibility index (Phi) is 6.20. The van der Waals surface area contributed by atoms with Crippen LogP contribution in [0.15, 0.2) is 62.4 Å². The van der Waals surface area contributed by atoms with Gasteiger partial charge in [0.2, 0.25) is 11.8 Å². The molecule has 28 heavy (non-hydrogen) atoms. The Morgan fingerprint density at radius 1 is 1.18 bits per heavy atom. The van der Waals surface area contributed by atoms with Crippen molar-refractivity contribution in [2.45, 2.75) is 23.5 Å². The number of carbonyl (C=O) groups is 1. The summed E-state index contributed by atoms with van der Waals surface area (Å²) in [6.07, 6.45) is 0.266. The van der Waals surface area contributed by atoms with E-state index >= 15 is 0 Å². The van der Waals surface area contributed by atoms with Crippen molar-refractivity contribution in [1.82, 2.24) is 10.1 Å². The van der Waals surface area contributed by atoms with Crippen molar-refractivity contribution < 1.29 is 22.1 Å². The number of aromatic nitrogens is 2. The molecule has 0 atom stereocenters. The minimum absolute atomic E-state index is 0.0216. The Morgan fingerprint density at radius 2 is 1.93 bits per heavy atom. The molecule has 0 bridgehead atoms. The second-order valence-electron chi connectivity index (χ2n) is 5.88. The molecule has 3 rings (SSSR count). The molecule has 0 aliphatic carbocycles. The summed E-state index contributed by atoms with van der Waals surface area (Å²) in [6, 6.07) is 11.7. The molecule has 0 saturated heterocycles. The third-order valence-corrected chi connectivity index (χ3v) is 5.80. The number of nitrogens with one attached hydrogen (secondary N) is 1. The fraction of sp³-hybridized carbons (Fsp3) is 0.167. The van der Waals surface area contributed by atoms with E-state index in [1.807, 2.05) is 6.07 Å². The van der Waals surface area contributed by atoms with Gasteiger partial charge in [-0.15, -0.1) is 0 Å². The molecular weight excluding hydrogens is 453 g/mol. The van der Waals surface area contributed by atoms with Crippen LogP contribution in [0.5, 0.6) is 0 Å². The topological polar surface area (TPSA) is 102 Å². The van der Waals surface area contributed by atoms with Crippen LogP contribution >= 0.6 is 15.9 Å². The first-order valence-corrected chi connectivity index (χ1v) is 10.6. The van der Waals surface area contributed by atoms with Crippen molar-refractivity contribution in [2.75, 3.05) is 5.32 Å². The van der Waals surface area contributed by atoms with Crippen molar-refractivity contribution in [3.8, 4) is 0 Å². The number of amides is 1. The monoisotopic (exact) mass is 467 g/mol. The highest BCUT2D eigenvalue weighted by Crippen LogP contribution is 2.17. The number of nitrogens with zero attached hydrogens (tertiary/aromatic N) is 2. The second kappa shape index (κ2) is 8.61. The molecule has 0 unspecified atom stereocenters. The number of rotatable bonds is 7. The third kappa shape index (κ3) is 5.46. The normalized spacial score (nSPS) is 11.4. The molecular formula is C18H15BrFN3O4S. The van der Waals surface area contributed by atoms with Crippen LogP contribution in [0.25, 0.3) is 0 Å². The lowest BCUT2D eigenvalue weighted by molar-refractivity contribution is -0.116. The van der Waals surface area contributed by atoms with Crippen molar-refractivity contribution in [3.63, 3.8) is 0 Å². The van der Waals surface area contributed by atoms with E-state index in [4.69, 9.17) is 4.52 Å². The lowest BCUT2D eigenvalue weighted by atomic mass is 10.2. The van der Waals surface area contributed by atoms with Gasteiger partial charge in [-0.05, 0) is 42.5 Å². The fourth-order valence-corrected chi connectivity index (χ4v) is 3.93. The summed E-state index contributed by atoms with van der Waals surface area (Å²) in [5.41, 5.74) is 0.649. The number of hydrogen-bond acceptors (Lipinski definition) is 6. The summed E-state index contributed by atoms with van der Waals surface area (Å²) in [7, 11) is -3.73. The Morgan fingerprint density at radius 3 is 2.64 bits per heavy atom. The van der Waals surface area contributed by atoms with E-state index in [0.717, 1.165) is 16.6 Å². The summed E-state index contributed by atoms with van der Waals surface area (Å²) in [6.45, 7) is 0. The molecule has 10 heteroatoms. The molecule has 3 aromatic rings. The Bertz CT molecular complexity index is 1080. The maximum Gasteiger partial charge on any atom is 0.227 e. The molecule has 1 aromatic heterocycles. The van der Waals surface area contributed by atoms with Crippen molar-refractivity contribution in [1.29, 1.82) is 0 Å². The highest BCUT2D eigenvalue weighted by atomic mass is 79.9. The molecule has 0 aliphatic heterocycles. The maximum absolute atomic E-state index is 12.9. The second-order valence-corrected chi connectivity index (χ2v) is 8.78. The molecule has 1 N–H and O–H groups in total. The summed E-state index contributed by atoms with van der Waals surface area (Å²) in [5.74, 6) is -1.11. The van der Waals surface area contributed by atoms with Gasteiger partial charge in [-0.3, -0.25) is 4.79 Å². The molecule has 0 radical (unpaired) electrons. The highest BCUT2D eigenvalue weighted by molar-refractivity contribution is 9.10. The summed E-state index contributed by atoms with van der Waals surface area (Å²) < 4.78 is 43.4. The SMILES string of the molecule is O=C(CCc1nc(CS(=O)(=O)c2ccc(F)cc2)no1)Nc1cccc(Br)c1. The summed E-state index contributed by atoms with van der Waals surface area (Å²) in [4.78, 5) is 16.0. The molecule has 0 spiro atoms. The first-order chi connectivity index (χ1) is 13.3. The number of benzene rings is 2. The zero-order valence-corrected chi connectivity index (χ0v) is 16.8. The first-order valence-electron chi connectivity index (χ1n) is 8.17. The van der Waals surface area contributed by atoms with Crippen molar-refractivity contribution in [3.05, 3.63) is 70.5 Å². The largest absolute Gasteiger partial charge is 0.339 e. The average Bonchev–Trinajstić information content (AvgIpc) is 3.07. The summed E-state index contributed by atoms with van der Waals surface area (Å²) in [5, 5.41) is 6.38. The van der Waals surface area contributed by atoms with Crippen LogP contribution in [0.4, 0.5) is 10.1 Å². The highest BCUT2D eigenvalue weighted by Gasteiger charge is 2.19. The lowest BCUT2D eigenvalue weighted by Crippen LogP contribution is -2.12. The van der Waals surface area contributed by atoms with Gasteiger partial charge in [-0.1, -0.05) is 27.2 Å². The third-order valence-electron chi connectivity index (χ3n) is 3.68. The van der Waals surface area contributed by atoms with Gasteiger partial charge in [0, 0.05) is 23.0 Å². The van der Waals surface area contributed by atoms with Gasteiger partial charge >= 0.3 is 0 Å². The van der Waals surface area contributed by atoms with Gasteiger partial charge < -0.3 is 9.84 Å². The van der Waals surface area contributed by atoms with Crippen LogP contribution in [-0.4, -0.2) is 24.5 Å². The number of carbonyl (C=O) groups excluding carboxylic acids is 1. The minimum atomic E-state index is -3.73. The Labute approximate surface area is 169 Å². The molecule has 2 aromatic carbocycles. The van der Waals surface area contributed by atoms with Gasteiger partial charge in [0.1, 0.15) is 11.6 Å². The standard InChI is InChI=1S/C18H15BrFN3O4S/c19-12-2-1-3-14(10-12)21-17(24)8-9-18-22-16(23-27-18)11-28(25,26)15-6-4-13(20)5-7-15/h1-7,10H,8-9,11H2,(H,21,24). The fourth-order valence-electron chi connectivity index (χ4n) is 2.36. The van der Waals surface area contributed by atoms with Crippen LogP contribution in [0, 0.1) is 5.82 Å². The van der Waals surface area contributed by atoms with E-state index in [2.05, 4.69) is 31.4 Å². The molecule has 0 fully saturated rings. The predicted molar refractivity (Wildman–Crippen MR) is 103 cm³/mol. The molecule has 0 saturated carbocycles. The summed E-state index contributed by atoms with van der Waals surface area (Å²) >= 11 is 3.32. The predicted octanol–water partition coefficient (Wildman–Crippen LogP) is 3.52. The van der Waals surface area contributed by atoms with Crippen molar-refractivity contribution in [2.24, 2.45) is 0 Å². The molecule has 1 amide bonds. The van der Waals surface area contributed by atoms with Crippen LogP contribution in [-0.2, 0) is 26.8 Å². The van der Waals surface area contributed by atoms with Crippen LogP contribution in [0.3, 0.4) is 0 Å². The number of halogens is 2. The number of anilines is 1. The number of aryl methyl sites for hydroxylation is 1. The van der Waals surface area contributed by atoms with E-state index in [-0.39, 0.29) is 35.4 Å². The zero-order chi connectivity index (χ0) is 20.1. The lowest BCUT2D eigenvalue weighted by Gasteiger charge is -2.04. The van der Waals surface area contributed by atoms with Crippen LogP contribution < -0.4 is 5.32 Å². The first kappa shape index (κ1) is 20.2. The molecule has 146 valence electrons. The van der Waals surface area contributed by atoms with Gasteiger partial charge in [0.25, 0.3) is 0 Å². The Hall–Kier alpha value is -2.59. The minimum Gasteiger partial charge on any atom is -0.339 e. The number of sulfone groups is 1. The van der Waals surface area contributed by atoms with Gasteiger partial charge in [-0.2, -0.15) is 4.98 Å². The van der Waals surface area contributed by atoms with E-state index < -0.39 is 21.4 Å². The zero-order valence-electron chi connectivity index (χ0n) is 14.4. The molecule has 7 nitrogen and oxygen atoms in total. The van der Waals surface area contributed by atoms with Crippen LogP contribution in [0.1, 0.15) is 18.1 Å². The molecule has 0 aliphatic rings.